The predicted molar refractivity (Wildman–Crippen MR) is 62.6 cm³/mol. The van der Waals surface area contributed by atoms with Gasteiger partial charge in [-0.3, -0.25) is 0 Å². The molecule has 0 aliphatic carbocycles. The maximum Gasteiger partial charge on any atom is 0.123 e. The minimum atomic E-state index is 0.753. The Hall–Kier alpha value is -0.730. The van der Waals surface area contributed by atoms with E-state index in [1.807, 2.05) is 12.1 Å². The lowest BCUT2D eigenvalue weighted by Crippen LogP contribution is -2.00. The maximum absolute atomic E-state index is 6.20. The fourth-order valence-electron chi connectivity index (χ4n) is 2.03. The van der Waals surface area contributed by atoms with Crippen LogP contribution in [-0.2, 0) is 12.8 Å². The molecule has 0 aromatic heterocycles. The highest BCUT2D eigenvalue weighted by Gasteiger charge is 2.17. The molecule has 0 atom stereocenters. The number of benzene rings is 1. The summed E-state index contributed by atoms with van der Waals surface area (Å²) < 4.78 is 5.52. The molecule has 0 saturated heterocycles. The van der Waals surface area contributed by atoms with Crippen molar-refractivity contribution < 1.29 is 4.74 Å². The van der Waals surface area contributed by atoms with Crippen molar-refractivity contribution in [2.45, 2.75) is 25.7 Å². The summed E-state index contributed by atoms with van der Waals surface area (Å²) in [5.41, 5.74) is 8.05. The van der Waals surface area contributed by atoms with E-state index in [0.29, 0.717) is 0 Å². The van der Waals surface area contributed by atoms with Gasteiger partial charge in [0.1, 0.15) is 5.75 Å². The van der Waals surface area contributed by atoms with Crippen molar-refractivity contribution in [1.82, 2.24) is 0 Å². The van der Waals surface area contributed by atoms with E-state index in [1.165, 1.54) is 11.1 Å². The Kier molecular flexibility index (Phi) is 3.49. The molecular formula is C12H16ClNO. The third kappa shape index (κ3) is 2.27. The molecule has 2 rings (SSSR count). The van der Waals surface area contributed by atoms with Crippen molar-refractivity contribution in [3.63, 3.8) is 0 Å². The van der Waals surface area contributed by atoms with Gasteiger partial charge in [-0.15, -0.1) is 0 Å². The Bertz CT molecular complexity index is 352. The highest BCUT2D eigenvalue weighted by Crippen LogP contribution is 2.33. The smallest absolute Gasteiger partial charge is 0.123 e. The Morgan fingerprint density at radius 1 is 1.33 bits per heavy atom. The average Bonchev–Trinajstić information content (AvgIpc) is 2.69. The number of nitrogens with two attached hydrogens (primary N) is 1. The Balaban J connectivity index is 2.17. The molecule has 15 heavy (non-hydrogen) atoms. The standard InChI is InChI=1S/C12H16ClNO/c13-11-4-5-12-10(6-8-15-12)9(11)3-1-2-7-14/h4-5H,1-3,6-8,14H2. The molecule has 2 N–H and O–H groups in total. The van der Waals surface area contributed by atoms with Crippen LogP contribution >= 0.6 is 11.6 Å². The molecule has 82 valence electrons. The first-order valence-corrected chi connectivity index (χ1v) is 5.84. The molecule has 1 aliphatic rings. The van der Waals surface area contributed by atoms with Gasteiger partial charge in [-0.05, 0) is 43.5 Å². The Labute approximate surface area is 95.4 Å². The van der Waals surface area contributed by atoms with Gasteiger partial charge >= 0.3 is 0 Å². The van der Waals surface area contributed by atoms with Gasteiger partial charge in [0.15, 0.2) is 0 Å². The SMILES string of the molecule is NCCCCc1c(Cl)ccc2c1CCO2. The molecular weight excluding hydrogens is 210 g/mol. The van der Waals surface area contributed by atoms with Crippen LogP contribution in [0, 0.1) is 0 Å². The van der Waals surface area contributed by atoms with E-state index >= 15 is 0 Å². The van der Waals surface area contributed by atoms with E-state index in [9.17, 15) is 0 Å². The minimum Gasteiger partial charge on any atom is -0.493 e. The number of fused-ring (bicyclic) bond motifs is 1. The summed E-state index contributed by atoms with van der Waals surface area (Å²) in [5.74, 6) is 1.02. The normalized spacial score (nSPS) is 13.7. The van der Waals surface area contributed by atoms with Gasteiger partial charge in [-0.2, -0.15) is 0 Å². The van der Waals surface area contributed by atoms with Gasteiger partial charge in [0.05, 0.1) is 6.61 Å². The molecule has 1 aromatic carbocycles. The number of halogens is 1. The predicted octanol–water partition coefficient (Wildman–Crippen LogP) is 2.56. The zero-order valence-corrected chi connectivity index (χ0v) is 9.52. The largest absolute Gasteiger partial charge is 0.493 e. The second-order valence-corrected chi connectivity index (χ2v) is 4.25. The van der Waals surface area contributed by atoms with Crippen LogP contribution in [0.4, 0.5) is 0 Å². The van der Waals surface area contributed by atoms with E-state index in [4.69, 9.17) is 22.1 Å². The molecule has 0 radical (unpaired) electrons. The van der Waals surface area contributed by atoms with E-state index in [2.05, 4.69) is 0 Å². The second-order valence-electron chi connectivity index (χ2n) is 3.85. The summed E-state index contributed by atoms with van der Waals surface area (Å²) in [6.45, 7) is 1.54. The molecule has 1 heterocycles. The molecule has 3 heteroatoms. The summed E-state index contributed by atoms with van der Waals surface area (Å²) in [4.78, 5) is 0. The van der Waals surface area contributed by atoms with Gasteiger partial charge in [0, 0.05) is 17.0 Å². The molecule has 0 unspecified atom stereocenters. The van der Waals surface area contributed by atoms with Crippen LogP contribution in [0.3, 0.4) is 0 Å². The fraction of sp³-hybridized carbons (Fsp3) is 0.500. The van der Waals surface area contributed by atoms with Gasteiger partial charge in [-0.25, -0.2) is 0 Å². The summed E-state index contributed by atoms with van der Waals surface area (Å²) in [5, 5.41) is 0.872. The van der Waals surface area contributed by atoms with Gasteiger partial charge in [-0.1, -0.05) is 11.6 Å². The molecule has 0 fully saturated rings. The second kappa shape index (κ2) is 4.86. The van der Waals surface area contributed by atoms with Gasteiger partial charge < -0.3 is 10.5 Å². The molecule has 1 aliphatic heterocycles. The number of hydrogen-bond donors (Lipinski definition) is 1. The molecule has 1 aromatic rings. The third-order valence-corrected chi connectivity index (χ3v) is 3.18. The maximum atomic E-state index is 6.20. The van der Waals surface area contributed by atoms with Gasteiger partial charge in [0.25, 0.3) is 0 Å². The zero-order chi connectivity index (χ0) is 10.7. The molecule has 0 spiro atoms. The number of rotatable bonds is 4. The topological polar surface area (TPSA) is 35.2 Å². The summed E-state index contributed by atoms with van der Waals surface area (Å²) in [6, 6.07) is 3.90. The third-order valence-electron chi connectivity index (χ3n) is 2.82. The molecule has 0 amide bonds. The summed E-state index contributed by atoms with van der Waals surface area (Å²) >= 11 is 6.20. The van der Waals surface area contributed by atoms with Gasteiger partial charge in [0.2, 0.25) is 0 Å². The van der Waals surface area contributed by atoms with Crippen molar-refractivity contribution in [2.75, 3.05) is 13.2 Å². The fourth-order valence-corrected chi connectivity index (χ4v) is 2.30. The molecule has 0 bridgehead atoms. The minimum absolute atomic E-state index is 0.753. The van der Waals surface area contributed by atoms with Crippen molar-refractivity contribution >= 4 is 11.6 Å². The zero-order valence-electron chi connectivity index (χ0n) is 8.76. The van der Waals surface area contributed by atoms with Crippen LogP contribution in [0.25, 0.3) is 0 Å². The number of ether oxygens (including phenoxy) is 1. The first kappa shape index (κ1) is 10.8. The van der Waals surface area contributed by atoms with Crippen molar-refractivity contribution in [2.24, 2.45) is 5.73 Å². The molecule has 2 nitrogen and oxygen atoms in total. The highest BCUT2D eigenvalue weighted by atomic mass is 35.5. The van der Waals surface area contributed by atoms with Crippen molar-refractivity contribution in [3.05, 3.63) is 28.3 Å². The van der Waals surface area contributed by atoms with Crippen LogP contribution in [0.5, 0.6) is 5.75 Å². The van der Waals surface area contributed by atoms with Crippen LogP contribution in [0.2, 0.25) is 5.02 Å². The van der Waals surface area contributed by atoms with Crippen LogP contribution in [0.15, 0.2) is 12.1 Å². The lowest BCUT2D eigenvalue weighted by molar-refractivity contribution is 0.357. The first-order valence-electron chi connectivity index (χ1n) is 5.46. The van der Waals surface area contributed by atoms with Crippen LogP contribution in [-0.4, -0.2) is 13.2 Å². The van der Waals surface area contributed by atoms with Crippen molar-refractivity contribution in [3.8, 4) is 5.75 Å². The van der Waals surface area contributed by atoms with E-state index < -0.39 is 0 Å². The van der Waals surface area contributed by atoms with Crippen LogP contribution < -0.4 is 10.5 Å². The van der Waals surface area contributed by atoms with E-state index in [0.717, 1.165) is 49.6 Å². The Morgan fingerprint density at radius 2 is 2.20 bits per heavy atom. The Morgan fingerprint density at radius 3 is 3.00 bits per heavy atom. The average molecular weight is 226 g/mol. The number of hydrogen-bond acceptors (Lipinski definition) is 2. The van der Waals surface area contributed by atoms with E-state index in [-0.39, 0.29) is 0 Å². The molecule has 0 saturated carbocycles. The van der Waals surface area contributed by atoms with Crippen LogP contribution in [0.1, 0.15) is 24.0 Å². The first-order chi connectivity index (χ1) is 7.33. The summed E-state index contributed by atoms with van der Waals surface area (Å²) in [6.07, 6.45) is 4.17. The van der Waals surface area contributed by atoms with E-state index in [1.54, 1.807) is 0 Å². The lowest BCUT2D eigenvalue weighted by atomic mass is 10.00. The monoisotopic (exact) mass is 225 g/mol. The van der Waals surface area contributed by atoms with Crippen molar-refractivity contribution in [1.29, 1.82) is 0 Å². The summed E-state index contributed by atoms with van der Waals surface area (Å²) in [7, 11) is 0. The number of unbranched alkanes of at least 4 members (excludes halogenated alkanes) is 1. The highest BCUT2D eigenvalue weighted by molar-refractivity contribution is 6.31. The quantitative estimate of drug-likeness (QED) is 0.800. The lowest BCUT2D eigenvalue weighted by Gasteiger charge is -2.08.